The smallest absolute Gasteiger partial charge is 0.257 e. The Bertz CT molecular complexity index is 861. The topological polar surface area (TPSA) is 54.0 Å². The molecule has 1 heterocycles. The van der Waals surface area contributed by atoms with Crippen molar-refractivity contribution in [2.45, 2.75) is 13.3 Å². The van der Waals surface area contributed by atoms with Crippen molar-refractivity contribution in [2.24, 2.45) is 0 Å². The molecule has 1 amide bonds. The molecule has 0 saturated heterocycles. The van der Waals surface area contributed by atoms with Crippen LogP contribution in [0.25, 0.3) is 0 Å². The normalized spacial score (nSPS) is 10.3. The lowest BCUT2D eigenvalue weighted by Crippen LogP contribution is -2.12. The third-order valence-corrected chi connectivity index (χ3v) is 4.10. The molecule has 0 aliphatic heterocycles. The van der Waals surface area contributed by atoms with Gasteiger partial charge in [-0.25, -0.2) is 4.98 Å². The monoisotopic (exact) mass is 351 g/mol. The van der Waals surface area contributed by atoms with Crippen molar-refractivity contribution in [2.75, 3.05) is 10.6 Å². The molecule has 4 nitrogen and oxygen atoms in total. The summed E-state index contributed by atoms with van der Waals surface area (Å²) in [6.45, 7) is 2.12. The SMILES string of the molecule is CCc1ccc(Nc2ccc(NC(=O)c3ccccc3Cl)cn2)cc1. The number of carbonyl (C=O) groups excluding carboxylic acids is 1. The summed E-state index contributed by atoms with van der Waals surface area (Å²) in [5.74, 6) is 0.447. The lowest BCUT2D eigenvalue weighted by atomic mass is 10.1. The molecule has 3 rings (SSSR count). The molecule has 0 radical (unpaired) electrons. The van der Waals surface area contributed by atoms with Crippen molar-refractivity contribution in [3.05, 3.63) is 83.0 Å². The van der Waals surface area contributed by atoms with Crippen LogP contribution in [-0.2, 0) is 6.42 Å². The first kappa shape index (κ1) is 17.0. The first-order chi connectivity index (χ1) is 12.2. The van der Waals surface area contributed by atoms with Crippen molar-refractivity contribution in [1.29, 1.82) is 0 Å². The third kappa shape index (κ3) is 4.37. The van der Waals surface area contributed by atoms with Crippen molar-refractivity contribution < 1.29 is 4.79 Å². The first-order valence-corrected chi connectivity index (χ1v) is 8.41. The van der Waals surface area contributed by atoms with Gasteiger partial charge in [-0.3, -0.25) is 4.79 Å². The highest BCUT2D eigenvalue weighted by Crippen LogP contribution is 2.19. The molecule has 0 saturated carbocycles. The summed E-state index contributed by atoms with van der Waals surface area (Å²) in [4.78, 5) is 16.6. The van der Waals surface area contributed by atoms with Gasteiger partial charge in [-0.1, -0.05) is 42.8 Å². The van der Waals surface area contributed by atoms with Gasteiger partial charge < -0.3 is 10.6 Å². The zero-order chi connectivity index (χ0) is 17.6. The van der Waals surface area contributed by atoms with E-state index in [9.17, 15) is 4.79 Å². The standard InChI is InChI=1S/C20H18ClN3O/c1-2-14-7-9-15(10-8-14)23-19-12-11-16(13-22-19)24-20(25)17-5-3-4-6-18(17)21/h3-13H,2H2,1H3,(H,22,23)(H,24,25). The van der Waals surface area contributed by atoms with E-state index < -0.39 is 0 Å². The number of halogens is 1. The van der Waals surface area contributed by atoms with Crippen LogP contribution in [0.3, 0.4) is 0 Å². The molecule has 126 valence electrons. The van der Waals surface area contributed by atoms with E-state index in [1.54, 1.807) is 36.5 Å². The van der Waals surface area contributed by atoms with E-state index in [2.05, 4.69) is 34.7 Å². The average molecular weight is 352 g/mol. The molecule has 0 bridgehead atoms. The van der Waals surface area contributed by atoms with Gasteiger partial charge in [-0.2, -0.15) is 0 Å². The molecule has 1 aromatic heterocycles. The van der Waals surface area contributed by atoms with Gasteiger partial charge in [0.15, 0.2) is 0 Å². The summed E-state index contributed by atoms with van der Waals surface area (Å²) in [6, 6.07) is 18.7. The summed E-state index contributed by atoms with van der Waals surface area (Å²) >= 11 is 6.04. The van der Waals surface area contributed by atoms with E-state index in [4.69, 9.17) is 11.6 Å². The molecule has 0 fully saturated rings. The number of hydrogen-bond donors (Lipinski definition) is 2. The average Bonchev–Trinajstić information content (AvgIpc) is 2.64. The van der Waals surface area contributed by atoms with Gasteiger partial charge in [0.1, 0.15) is 5.82 Å². The van der Waals surface area contributed by atoms with E-state index in [-0.39, 0.29) is 5.91 Å². The molecule has 0 unspecified atom stereocenters. The number of hydrogen-bond acceptors (Lipinski definition) is 3. The maximum atomic E-state index is 12.2. The predicted molar refractivity (Wildman–Crippen MR) is 103 cm³/mol. The van der Waals surface area contributed by atoms with Crippen molar-refractivity contribution in [1.82, 2.24) is 4.98 Å². The quantitative estimate of drug-likeness (QED) is 0.656. The molecule has 2 aromatic carbocycles. The molecule has 5 heteroatoms. The molecule has 2 N–H and O–H groups in total. The van der Waals surface area contributed by atoms with Gasteiger partial charge in [0.25, 0.3) is 5.91 Å². The van der Waals surface area contributed by atoms with Crippen LogP contribution in [0.4, 0.5) is 17.2 Å². The Kier molecular flexibility index (Phi) is 5.31. The Morgan fingerprint density at radius 3 is 2.36 bits per heavy atom. The maximum absolute atomic E-state index is 12.2. The van der Waals surface area contributed by atoms with Gasteiger partial charge in [-0.05, 0) is 48.4 Å². The number of aryl methyl sites for hydroxylation is 1. The number of amides is 1. The van der Waals surface area contributed by atoms with Crippen LogP contribution in [-0.4, -0.2) is 10.9 Å². The molecular weight excluding hydrogens is 334 g/mol. The summed E-state index contributed by atoms with van der Waals surface area (Å²) in [5, 5.41) is 6.44. The zero-order valence-electron chi connectivity index (χ0n) is 13.8. The second-order valence-corrected chi connectivity index (χ2v) is 5.95. The molecule has 0 spiro atoms. The molecular formula is C20H18ClN3O. The fourth-order valence-electron chi connectivity index (χ4n) is 2.36. The fourth-order valence-corrected chi connectivity index (χ4v) is 2.58. The Morgan fingerprint density at radius 2 is 1.72 bits per heavy atom. The van der Waals surface area contributed by atoms with Crippen molar-refractivity contribution in [3.8, 4) is 0 Å². The summed E-state index contributed by atoms with van der Waals surface area (Å²) in [5.41, 5.74) is 3.30. The van der Waals surface area contributed by atoms with Crippen molar-refractivity contribution in [3.63, 3.8) is 0 Å². The van der Waals surface area contributed by atoms with E-state index in [0.29, 0.717) is 22.1 Å². The van der Waals surface area contributed by atoms with E-state index in [1.807, 2.05) is 18.2 Å². The first-order valence-electron chi connectivity index (χ1n) is 8.03. The Morgan fingerprint density at radius 1 is 1.00 bits per heavy atom. The van der Waals surface area contributed by atoms with Crippen LogP contribution in [0, 0.1) is 0 Å². The maximum Gasteiger partial charge on any atom is 0.257 e. The van der Waals surface area contributed by atoms with Crippen molar-refractivity contribution >= 4 is 34.7 Å². The number of rotatable bonds is 5. The second kappa shape index (κ2) is 7.81. The number of nitrogens with zero attached hydrogens (tertiary/aromatic N) is 1. The number of aromatic nitrogens is 1. The van der Waals surface area contributed by atoms with Crippen LogP contribution in [0.5, 0.6) is 0 Å². The highest BCUT2D eigenvalue weighted by molar-refractivity contribution is 6.34. The summed E-state index contributed by atoms with van der Waals surface area (Å²) in [7, 11) is 0. The van der Waals surface area contributed by atoms with Crippen LogP contribution >= 0.6 is 11.6 Å². The highest BCUT2D eigenvalue weighted by atomic mass is 35.5. The minimum atomic E-state index is -0.261. The minimum Gasteiger partial charge on any atom is -0.340 e. The van der Waals surface area contributed by atoms with E-state index in [0.717, 1.165) is 12.1 Å². The predicted octanol–water partition coefficient (Wildman–Crippen LogP) is 5.29. The van der Waals surface area contributed by atoms with Crippen LogP contribution in [0.1, 0.15) is 22.8 Å². The number of nitrogens with one attached hydrogen (secondary N) is 2. The lowest BCUT2D eigenvalue weighted by molar-refractivity contribution is 0.102. The Hall–Kier alpha value is -2.85. The number of benzene rings is 2. The van der Waals surface area contributed by atoms with Gasteiger partial charge >= 0.3 is 0 Å². The van der Waals surface area contributed by atoms with Crippen LogP contribution < -0.4 is 10.6 Å². The minimum absolute atomic E-state index is 0.261. The highest BCUT2D eigenvalue weighted by Gasteiger charge is 2.09. The molecule has 0 aliphatic carbocycles. The van der Waals surface area contributed by atoms with E-state index in [1.165, 1.54) is 5.56 Å². The van der Waals surface area contributed by atoms with Crippen LogP contribution in [0.15, 0.2) is 66.9 Å². The summed E-state index contributed by atoms with van der Waals surface area (Å²) < 4.78 is 0. The molecule has 0 aliphatic rings. The zero-order valence-corrected chi connectivity index (χ0v) is 14.5. The second-order valence-electron chi connectivity index (χ2n) is 5.54. The third-order valence-electron chi connectivity index (χ3n) is 3.77. The van der Waals surface area contributed by atoms with Gasteiger partial charge in [0.2, 0.25) is 0 Å². The van der Waals surface area contributed by atoms with Gasteiger partial charge in [0, 0.05) is 5.69 Å². The Labute approximate surface area is 151 Å². The molecule has 25 heavy (non-hydrogen) atoms. The number of carbonyl (C=O) groups is 1. The number of anilines is 3. The lowest BCUT2D eigenvalue weighted by Gasteiger charge is -2.09. The van der Waals surface area contributed by atoms with Gasteiger partial charge in [0.05, 0.1) is 22.5 Å². The summed E-state index contributed by atoms with van der Waals surface area (Å²) in [6.07, 6.45) is 2.62. The van der Waals surface area contributed by atoms with Gasteiger partial charge in [-0.15, -0.1) is 0 Å². The molecule has 3 aromatic rings. The fraction of sp³-hybridized carbons (Fsp3) is 0.100. The van der Waals surface area contributed by atoms with Crippen LogP contribution in [0.2, 0.25) is 5.02 Å². The van der Waals surface area contributed by atoms with E-state index >= 15 is 0 Å². The largest absolute Gasteiger partial charge is 0.340 e. The Balaban J connectivity index is 1.65. The molecule has 0 atom stereocenters. The number of pyridine rings is 1.